The molecule has 1 aliphatic heterocycles. The molecule has 0 radical (unpaired) electrons. The van der Waals surface area contributed by atoms with Gasteiger partial charge in [0.1, 0.15) is 5.82 Å². The highest BCUT2D eigenvalue weighted by atomic mass is 32.2. The number of aromatic nitrogens is 2. The SMILES string of the molecule is CSc1nc(C)c(C)c(N2CCCCC2)n1. The maximum atomic E-state index is 4.65. The summed E-state index contributed by atoms with van der Waals surface area (Å²) in [5.41, 5.74) is 2.35. The van der Waals surface area contributed by atoms with Crippen LogP contribution in [0.25, 0.3) is 0 Å². The molecule has 0 aromatic carbocycles. The van der Waals surface area contributed by atoms with Crippen LogP contribution in [0.4, 0.5) is 5.82 Å². The Morgan fingerprint density at radius 3 is 2.38 bits per heavy atom. The van der Waals surface area contributed by atoms with Crippen LogP contribution in [0.3, 0.4) is 0 Å². The number of thioether (sulfide) groups is 1. The van der Waals surface area contributed by atoms with Crippen LogP contribution in [-0.2, 0) is 0 Å². The molecule has 1 aliphatic rings. The minimum atomic E-state index is 0.892. The summed E-state index contributed by atoms with van der Waals surface area (Å²) in [7, 11) is 0. The Morgan fingerprint density at radius 2 is 1.75 bits per heavy atom. The minimum absolute atomic E-state index is 0.892. The van der Waals surface area contributed by atoms with Gasteiger partial charge in [-0.2, -0.15) is 0 Å². The van der Waals surface area contributed by atoms with E-state index in [0.29, 0.717) is 0 Å². The zero-order valence-corrected chi connectivity index (χ0v) is 11.1. The molecule has 4 heteroatoms. The summed E-state index contributed by atoms with van der Waals surface area (Å²) in [4.78, 5) is 11.5. The molecule has 0 N–H and O–H groups in total. The molecular formula is C12H19N3S. The van der Waals surface area contributed by atoms with E-state index in [1.165, 1.54) is 24.8 Å². The molecule has 1 aromatic rings. The van der Waals surface area contributed by atoms with E-state index in [2.05, 4.69) is 28.7 Å². The van der Waals surface area contributed by atoms with Crippen molar-refractivity contribution in [2.45, 2.75) is 38.3 Å². The Morgan fingerprint density at radius 1 is 1.06 bits per heavy atom. The molecule has 0 saturated carbocycles. The van der Waals surface area contributed by atoms with E-state index in [0.717, 1.165) is 29.8 Å². The lowest BCUT2D eigenvalue weighted by Gasteiger charge is -2.29. The van der Waals surface area contributed by atoms with Crippen molar-refractivity contribution in [3.63, 3.8) is 0 Å². The van der Waals surface area contributed by atoms with Gasteiger partial charge in [0, 0.05) is 24.3 Å². The van der Waals surface area contributed by atoms with Crippen LogP contribution in [0.15, 0.2) is 5.16 Å². The van der Waals surface area contributed by atoms with Gasteiger partial charge >= 0.3 is 0 Å². The zero-order valence-electron chi connectivity index (χ0n) is 10.3. The maximum absolute atomic E-state index is 4.65. The van der Waals surface area contributed by atoms with Crippen LogP contribution < -0.4 is 4.90 Å². The van der Waals surface area contributed by atoms with Gasteiger partial charge in [-0.3, -0.25) is 0 Å². The summed E-state index contributed by atoms with van der Waals surface area (Å²) in [6.07, 6.45) is 5.97. The van der Waals surface area contributed by atoms with Crippen LogP contribution in [0, 0.1) is 13.8 Å². The Kier molecular flexibility index (Phi) is 3.69. The molecule has 1 saturated heterocycles. The largest absolute Gasteiger partial charge is 0.356 e. The molecule has 0 amide bonds. The van der Waals surface area contributed by atoms with E-state index >= 15 is 0 Å². The zero-order chi connectivity index (χ0) is 11.5. The summed E-state index contributed by atoms with van der Waals surface area (Å²) in [5.74, 6) is 1.15. The molecule has 88 valence electrons. The van der Waals surface area contributed by atoms with Crippen molar-refractivity contribution in [1.29, 1.82) is 0 Å². The number of hydrogen-bond donors (Lipinski definition) is 0. The van der Waals surface area contributed by atoms with Gasteiger partial charge in [0.05, 0.1) is 0 Å². The van der Waals surface area contributed by atoms with Gasteiger partial charge in [0.15, 0.2) is 5.16 Å². The summed E-state index contributed by atoms with van der Waals surface area (Å²) < 4.78 is 0. The smallest absolute Gasteiger partial charge is 0.189 e. The highest BCUT2D eigenvalue weighted by molar-refractivity contribution is 7.98. The fourth-order valence-electron chi connectivity index (χ4n) is 2.09. The van der Waals surface area contributed by atoms with Gasteiger partial charge in [-0.25, -0.2) is 9.97 Å². The monoisotopic (exact) mass is 237 g/mol. The van der Waals surface area contributed by atoms with Gasteiger partial charge < -0.3 is 4.90 Å². The van der Waals surface area contributed by atoms with E-state index in [1.807, 2.05) is 6.26 Å². The second-order valence-electron chi connectivity index (χ2n) is 4.29. The molecule has 0 unspecified atom stereocenters. The van der Waals surface area contributed by atoms with E-state index in [-0.39, 0.29) is 0 Å². The molecule has 0 bridgehead atoms. The Balaban J connectivity index is 2.33. The van der Waals surface area contributed by atoms with Crippen molar-refractivity contribution in [2.75, 3.05) is 24.2 Å². The first-order valence-corrected chi connectivity index (χ1v) is 7.09. The number of hydrogen-bond acceptors (Lipinski definition) is 4. The molecular weight excluding hydrogens is 218 g/mol. The van der Waals surface area contributed by atoms with Crippen LogP contribution in [0.5, 0.6) is 0 Å². The molecule has 16 heavy (non-hydrogen) atoms. The quantitative estimate of drug-likeness (QED) is 0.584. The lowest BCUT2D eigenvalue weighted by atomic mass is 10.1. The molecule has 2 rings (SSSR count). The van der Waals surface area contributed by atoms with Crippen molar-refractivity contribution in [1.82, 2.24) is 9.97 Å². The van der Waals surface area contributed by atoms with Gasteiger partial charge in [-0.1, -0.05) is 11.8 Å². The second-order valence-corrected chi connectivity index (χ2v) is 5.07. The van der Waals surface area contributed by atoms with Crippen molar-refractivity contribution in [3.05, 3.63) is 11.3 Å². The average molecular weight is 237 g/mol. The Bertz CT molecular complexity index is 373. The van der Waals surface area contributed by atoms with Crippen molar-refractivity contribution in [3.8, 4) is 0 Å². The lowest BCUT2D eigenvalue weighted by molar-refractivity contribution is 0.569. The third-order valence-corrected chi connectivity index (χ3v) is 3.73. The number of aryl methyl sites for hydroxylation is 1. The fraction of sp³-hybridized carbons (Fsp3) is 0.667. The minimum Gasteiger partial charge on any atom is -0.356 e. The molecule has 2 heterocycles. The van der Waals surface area contributed by atoms with E-state index in [4.69, 9.17) is 0 Å². The molecule has 1 fully saturated rings. The number of nitrogens with zero attached hydrogens (tertiary/aromatic N) is 3. The molecule has 0 atom stereocenters. The van der Waals surface area contributed by atoms with Crippen LogP contribution in [0.2, 0.25) is 0 Å². The Labute approximate surface area is 102 Å². The van der Waals surface area contributed by atoms with Gasteiger partial charge in [0.2, 0.25) is 0 Å². The third kappa shape index (κ3) is 2.32. The molecule has 3 nitrogen and oxygen atoms in total. The maximum Gasteiger partial charge on any atom is 0.189 e. The summed E-state index contributed by atoms with van der Waals surface area (Å²) in [6.45, 7) is 6.49. The van der Waals surface area contributed by atoms with E-state index < -0.39 is 0 Å². The number of rotatable bonds is 2. The average Bonchev–Trinajstić information content (AvgIpc) is 2.33. The molecule has 0 aliphatic carbocycles. The van der Waals surface area contributed by atoms with Crippen molar-refractivity contribution >= 4 is 17.6 Å². The third-order valence-electron chi connectivity index (χ3n) is 3.18. The Hall–Kier alpha value is -0.770. The molecule has 1 aromatic heterocycles. The summed E-state index contributed by atoms with van der Waals surface area (Å²) >= 11 is 1.62. The number of piperidine rings is 1. The van der Waals surface area contributed by atoms with Crippen LogP contribution in [0.1, 0.15) is 30.5 Å². The highest BCUT2D eigenvalue weighted by Gasteiger charge is 2.16. The van der Waals surface area contributed by atoms with Crippen molar-refractivity contribution < 1.29 is 0 Å². The predicted molar refractivity (Wildman–Crippen MR) is 69.4 cm³/mol. The van der Waals surface area contributed by atoms with Gasteiger partial charge in [-0.15, -0.1) is 0 Å². The van der Waals surface area contributed by atoms with Crippen LogP contribution in [-0.4, -0.2) is 29.3 Å². The summed E-state index contributed by atoms with van der Waals surface area (Å²) in [6, 6.07) is 0. The van der Waals surface area contributed by atoms with E-state index in [9.17, 15) is 0 Å². The lowest BCUT2D eigenvalue weighted by Crippen LogP contribution is -2.31. The fourth-order valence-corrected chi connectivity index (χ4v) is 2.50. The van der Waals surface area contributed by atoms with E-state index in [1.54, 1.807) is 11.8 Å². The van der Waals surface area contributed by atoms with Crippen molar-refractivity contribution in [2.24, 2.45) is 0 Å². The normalized spacial score (nSPS) is 16.6. The first-order chi connectivity index (χ1) is 7.72. The highest BCUT2D eigenvalue weighted by Crippen LogP contribution is 2.25. The standard InChI is InChI=1S/C12H19N3S/c1-9-10(2)13-12(16-3)14-11(9)15-7-5-4-6-8-15/h4-8H2,1-3H3. The number of anilines is 1. The predicted octanol–water partition coefficient (Wildman–Crippen LogP) is 2.81. The summed E-state index contributed by atoms with van der Waals surface area (Å²) in [5, 5.41) is 0.892. The van der Waals surface area contributed by atoms with Crippen LogP contribution >= 0.6 is 11.8 Å². The molecule has 0 spiro atoms. The van der Waals surface area contributed by atoms with Gasteiger partial charge in [-0.05, 0) is 39.4 Å². The topological polar surface area (TPSA) is 29.0 Å². The van der Waals surface area contributed by atoms with Gasteiger partial charge in [0.25, 0.3) is 0 Å². The second kappa shape index (κ2) is 5.04. The first kappa shape index (κ1) is 11.7. The first-order valence-electron chi connectivity index (χ1n) is 5.86.